The van der Waals surface area contributed by atoms with Crippen LogP contribution in [0.2, 0.25) is 0 Å². The first-order valence-electron chi connectivity index (χ1n) is 10.3. The number of nitrogens with one attached hydrogen (secondary N) is 1. The molecule has 1 aliphatic heterocycles. The molecule has 5 rings (SSSR count). The molecule has 0 spiro atoms. The number of para-hydroxylation sites is 1. The molecule has 4 aromatic rings. The van der Waals surface area contributed by atoms with Gasteiger partial charge in [-0.05, 0) is 67.2 Å². The second-order valence-electron chi connectivity index (χ2n) is 7.69. The van der Waals surface area contributed by atoms with E-state index in [1.54, 1.807) is 6.20 Å². The molecule has 0 bridgehead atoms. The smallest absolute Gasteiger partial charge is 0.170 e. The summed E-state index contributed by atoms with van der Waals surface area (Å²) in [7, 11) is 0. The SMILES string of the molecule is Cc1ccc([C@H]2[C@H](c3ccccn3)NC(=S)N2Cc2cccnc2)n1-c1ccccc1. The summed E-state index contributed by atoms with van der Waals surface area (Å²) in [6.07, 6.45) is 5.53. The fraction of sp³-hybridized carbons (Fsp3) is 0.160. The lowest BCUT2D eigenvalue weighted by molar-refractivity contribution is 0.301. The van der Waals surface area contributed by atoms with Crippen molar-refractivity contribution in [1.29, 1.82) is 0 Å². The zero-order valence-electron chi connectivity index (χ0n) is 17.2. The van der Waals surface area contributed by atoms with Gasteiger partial charge in [0.05, 0.1) is 17.8 Å². The summed E-state index contributed by atoms with van der Waals surface area (Å²) in [5.41, 5.74) is 5.59. The maximum Gasteiger partial charge on any atom is 0.170 e. The summed E-state index contributed by atoms with van der Waals surface area (Å²) in [6, 6.07) is 24.8. The van der Waals surface area contributed by atoms with Crippen molar-refractivity contribution in [3.8, 4) is 5.69 Å². The lowest BCUT2D eigenvalue weighted by Gasteiger charge is -2.29. The quantitative estimate of drug-likeness (QED) is 0.468. The molecular weight excluding hydrogens is 402 g/mol. The monoisotopic (exact) mass is 425 g/mol. The average Bonchev–Trinajstić information content (AvgIpc) is 3.35. The number of hydrogen-bond donors (Lipinski definition) is 1. The molecule has 0 aliphatic carbocycles. The Hall–Kier alpha value is -3.51. The van der Waals surface area contributed by atoms with E-state index in [9.17, 15) is 0 Å². The number of nitrogens with zero attached hydrogens (tertiary/aromatic N) is 4. The van der Waals surface area contributed by atoms with Crippen molar-refractivity contribution in [3.05, 3.63) is 114 Å². The first kappa shape index (κ1) is 19.5. The molecule has 1 fully saturated rings. The fourth-order valence-corrected chi connectivity index (χ4v) is 4.61. The zero-order chi connectivity index (χ0) is 21.2. The molecule has 0 radical (unpaired) electrons. The van der Waals surface area contributed by atoms with Gasteiger partial charge in [-0.25, -0.2) is 0 Å². The van der Waals surface area contributed by atoms with E-state index in [1.165, 1.54) is 11.4 Å². The Bertz CT molecular complexity index is 1170. The number of aromatic nitrogens is 3. The highest BCUT2D eigenvalue weighted by Crippen LogP contribution is 2.40. The first-order chi connectivity index (χ1) is 15.2. The van der Waals surface area contributed by atoms with Crippen LogP contribution in [0.4, 0.5) is 0 Å². The van der Waals surface area contributed by atoms with Crippen LogP contribution in [0.25, 0.3) is 5.69 Å². The number of pyridine rings is 2. The van der Waals surface area contributed by atoms with E-state index in [-0.39, 0.29) is 12.1 Å². The van der Waals surface area contributed by atoms with Crippen molar-refractivity contribution in [1.82, 2.24) is 24.8 Å². The van der Waals surface area contributed by atoms with Gasteiger partial charge in [-0.2, -0.15) is 0 Å². The van der Waals surface area contributed by atoms with Gasteiger partial charge in [0, 0.05) is 42.2 Å². The predicted molar refractivity (Wildman–Crippen MR) is 126 cm³/mol. The molecule has 2 atom stereocenters. The van der Waals surface area contributed by atoms with Crippen molar-refractivity contribution >= 4 is 17.3 Å². The van der Waals surface area contributed by atoms with E-state index in [0.29, 0.717) is 6.54 Å². The fourth-order valence-electron chi connectivity index (χ4n) is 4.31. The highest BCUT2D eigenvalue weighted by atomic mass is 32.1. The molecule has 154 valence electrons. The van der Waals surface area contributed by atoms with Gasteiger partial charge in [-0.1, -0.05) is 30.3 Å². The number of hydrogen-bond acceptors (Lipinski definition) is 3. The van der Waals surface area contributed by atoms with Crippen LogP contribution in [-0.2, 0) is 6.54 Å². The molecule has 3 aromatic heterocycles. The molecule has 0 unspecified atom stereocenters. The minimum atomic E-state index is -0.0536. The largest absolute Gasteiger partial charge is 0.352 e. The lowest BCUT2D eigenvalue weighted by atomic mass is 10.0. The Morgan fingerprint density at radius 3 is 2.52 bits per heavy atom. The molecule has 1 aromatic carbocycles. The molecule has 6 heteroatoms. The molecule has 1 saturated heterocycles. The van der Waals surface area contributed by atoms with E-state index in [0.717, 1.165) is 22.1 Å². The van der Waals surface area contributed by atoms with Crippen LogP contribution in [0.15, 0.2) is 91.4 Å². The third-order valence-corrected chi connectivity index (χ3v) is 6.05. The standard InChI is InChI=1S/C25H23N5S/c1-18-12-13-22(30(18)20-9-3-2-4-10-20)24-23(21-11-5-6-15-27-21)28-25(31)29(24)17-19-8-7-14-26-16-19/h2-16,23-24H,17H2,1H3,(H,28,31)/t23-,24-/m0/s1. The van der Waals surface area contributed by atoms with Crippen LogP contribution < -0.4 is 5.32 Å². The summed E-state index contributed by atoms with van der Waals surface area (Å²) in [5.74, 6) is 0. The summed E-state index contributed by atoms with van der Waals surface area (Å²) in [4.78, 5) is 11.2. The van der Waals surface area contributed by atoms with E-state index in [2.05, 4.69) is 80.2 Å². The lowest BCUT2D eigenvalue weighted by Crippen LogP contribution is -2.30. The molecule has 5 nitrogen and oxygen atoms in total. The molecule has 0 amide bonds. The van der Waals surface area contributed by atoms with Gasteiger partial charge in [0.15, 0.2) is 5.11 Å². The molecule has 0 saturated carbocycles. The van der Waals surface area contributed by atoms with Gasteiger partial charge in [-0.3, -0.25) is 9.97 Å². The second-order valence-corrected chi connectivity index (χ2v) is 8.07. The Morgan fingerprint density at radius 1 is 0.935 bits per heavy atom. The molecular formula is C25H23N5S. The zero-order valence-corrected chi connectivity index (χ0v) is 18.0. The topological polar surface area (TPSA) is 46.0 Å². The van der Waals surface area contributed by atoms with Crippen LogP contribution in [-0.4, -0.2) is 24.5 Å². The number of thiocarbonyl (C=S) groups is 1. The minimum Gasteiger partial charge on any atom is -0.352 e. The summed E-state index contributed by atoms with van der Waals surface area (Å²) in [5, 5.41) is 4.26. The number of aryl methyl sites for hydroxylation is 1. The van der Waals surface area contributed by atoms with E-state index < -0.39 is 0 Å². The van der Waals surface area contributed by atoms with E-state index in [4.69, 9.17) is 12.2 Å². The highest BCUT2D eigenvalue weighted by molar-refractivity contribution is 7.80. The third-order valence-electron chi connectivity index (χ3n) is 5.70. The van der Waals surface area contributed by atoms with Gasteiger partial charge in [0.2, 0.25) is 0 Å². The van der Waals surface area contributed by atoms with Crippen molar-refractivity contribution in [3.63, 3.8) is 0 Å². The number of benzene rings is 1. The molecule has 31 heavy (non-hydrogen) atoms. The minimum absolute atomic E-state index is 0.0171. The molecule has 4 heterocycles. The maximum atomic E-state index is 5.82. The summed E-state index contributed by atoms with van der Waals surface area (Å²) < 4.78 is 2.31. The van der Waals surface area contributed by atoms with Crippen LogP contribution in [0.5, 0.6) is 0 Å². The molecule has 1 N–H and O–H groups in total. The average molecular weight is 426 g/mol. The maximum absolute atomic E-state index is 5.82. The van der Waals surface area contributed by atoms with Gasteiger partial charge in [-0.15, -0.1) is 0 Å². The first-order valence-corrected chi connectivity index (χ1v) is 10.7. The van der Waals surface area contributed by atoms with Crippen molar-refractivity contribution < 1.29 is 0 Å². The van der Waals surface area contributed by atoms with E-state index >= 15 is 0 Å². The Labute approximate surface area is 187 Å². The van der Waals surface area contributed by atoms with Crippen LogP contribution in [0, 0.1) is 6.92 Å². The summed E-state index contributed by atoms with van der Waals surface area (Å²) in [6.45, 7) is 2.81. The Balaban J connectivity index is 1.63. The van der Waals surface area contributed by atoms with Crippen molar-refractivity contribution in [2.75, 3.05) is 0 Å². The predicted octanol–water partition coefficient (Wildman–Crippen LogP) is 4.75. The van der Waals surface area contributed by atoms with Crippen LogP contribution in [0.1, 0.15) is 34.7 Å². The highest BCUT2D eigenvalue weighted by Gasteiger charge is 2.41. The van der Waals surface area contributed by atoms with Crippen molar-refractivity contribution in [2.45, 2.75) is 25.6 Å². The van der Waals surface area contributed by atoms with Gasteiger partial charge in [0.25, 0.3) is 0 Å². The van der Waals surface area contributed by atoms with Crippen molar-refractivity contribution in [2.24, 2.45) is 0 Å². The Kier molecular flexibility index (Phi) is 5.22. The molecule has 1 aliphatic rings. The van der Waals surface area contributed by atoms with Gasteiger partial charge in [0.1, 0.15) is 0 Å². The Morgan fingerprint density at radius 2 is 1.77 bits per heavy atom. The normalized spacial score (nSPS) is 18.2. The number of rotatable bonds is 5. The summed E-state index contributed by atoms with van der Waals surface area (Å²) >= 11 is 5.82. The third kappa shape index (κ3) is 3.70. The van der Waals surface area contributed by atoms with Crippen LogP contribution >= 0.6 is 12.2 Å². The van der Waals surface area contributed by atoms with E-state index in [1.807, 2.05) is 36.7 Å². The second kappa shape index (κ2) is 8.32. The van der Waals surface area contributed by atoms with Crippen LogP contribution in [0.3, 0.4) is 0 Å². The van der Waals surface area contributed by atoms with Gasteiger partial charge >= 0.3 is 0 Å². The van der Waals surface area contributed by atoms with Gasteiger partial charge < -0.3 is 14.8 Å².